The fourth-order valence-corrected chi connectivity index (χ4v) is 1.53. The van der Waals surface area contributed by atoms with E-state index in [4.69, 9.17) is 9.47 Å². The molecule has 0 bridgehead atoms. The Morgan fingerprint density at radius 1 is 1.33 bits per heavy atom. The Morgan fingerprint density at radius 2 is 2.11 bits per heavy atom. The Kier molecular flexibility index (Phi) is 3.66. The van der Waals surface area contributed by atoms with Gasteiger partial charge in [0.2, 0.25) is 6.79 Å². The van der Waals surface area contributed by atoms with Gasteiger partial charge in [-0.3, -0.25) is 9.59 Å². The summed E-state index contributed by atoms with van der Waals surface area (Å²) in [5, 5.41) is 0. The first-order valence-corrected chi connectivity index (χ1v) is 5.50. The molecule has 1 aliphatic rings. The molecule has 0 saturated heterocycles. The lowest BCUT2D eigenvalue weighted by Crippen LogP contribution is -2.25. The number of hydrogen-bond donors (Lipinski definition) is 1. The summed E-state index contributed by atoms with van der Waals surface area (Å²) in [6.07, 6.45) is 0.761. The van der Waals surface area contributed by atoms with Gasteiger partial charge in [0.05, 0.1) is 0 Å². The lowest BCUT2D eigenvalue weighted by atomic mass is 10.1. The Balaban J connectivity index is 1.83. The molecule has 0 unspecified atom stereocenters. The zero-order valence-electron chi connectivity index (χ0n) is 9.89. The van der Waals surface area contributed by atoms with Crippen LogP contribution in [0, 0.1) is 0 Å². The molecule has 0 spiro atoms. The van der Waals surface area contributed by atoms with Gasteiger partial charge in [0, 0.05) is 13.3 Å². The van der Waals surface area contributed by atoms with E-state index in [0.717, 1.165) is 5.56 Å². The molecule has 18 heavy (non-hydrogen) atoms. The van der Waals surface area contributed by atoms with E-state index in [0.29, 0.717) is 17.9 Å². The molecule has 0 aromatic heterocycles. The summed E-state index contributed by atoms with van der Waals surface area (Å²) in [4.78, 5) is 26.2. The van der Waals surface area contributed by atoms with Crippen molar-refractivity contribution < 1.29 is 23.9 Å². The standard InChI is InChI=1S/C12H13NO5/c1-8(14)18-13-12(15)5-3-9-2-4-10-11(6-9)17-7-16-10/h2,4,6H,3,5,7H2,1H3,(H,13,15). The minimum atomic E-state index is -0.550. The average Bonchev–Trinajstić information content (AvgIpc) is 2.81. The minimum Gasteiger partial charge on any atom is -0.454 e. The van der Waals surface area contributed by atoms with E-state index in [-0.39, 0.29) is 19.1 Å². The van der Waals surface area contributed by atoms with Crippen molar-refractivity contribution in [2.75, 3.05) is 6.79 Å². The number of carbonyl (C=O) groups is 2. The van der Waals surface area contributed by atoms with Gasteiger partial charge in [-0.25, -0.2) is 0 Å². The first-order valence-electron chi connectivity index (χ1n) is 5.50. The molecule has 1 aromatic rings. The van der Waals surface area contributed by atoms with Crippen molar-refractivity contribution in [3.8, 4) is 11.5 Å². The molecule has 96 valence electrons. The van der Waals surface area contributed by atoms with Gasteiger partial charge in [-0.15, -0.1) is 0 Å². The molecule has 6 nitrogen and oxygen atoms in total. The van der Waals surface area contributed by atoms with Gasteiger partial charge in [-0.1, -0.05) is 6.07 Å². The predicted octanol–water partition coefficient (Wildman–Crippen LogP) is 0.942. The smallest absolute Gasteiger partial charge is 0.329 e. The van der Waals surface area contributed by atoms with Gasteiger partial charge in [-0.2, -0.15) is 5.48 Å². The number of nitrogens with one attached hydrogen (secondary N) is 1. The maximum Gasteiger partial charge on any atom is 0.329 e. The lowest BCUT2D eigenvalue weighted by molar-refractivity contribution is -0.156. The predicted molar refractivity (Wildman–Crippen MR) is 60.8 cm³/mol. The SMILES string of the molecule is CC(=O)ONC(=O)CCc1ccc2c(c1)OCO2. The molecule has 1 amide bonds. The van der Waals surface area contributed by atoms with Crippen molar-refractivity contribution in [3.63, 3.8) is 0 Å². The van der Waals surface area contributed by atoms with E-state index in [2.05, 4.69) is 10.3 Å². The Morgan fingerprint density at radius 3 is 2.89 bits per heavy atom. The van der Waals surface area contributed by atoms with Crippen LogP contribution in [-0.4, -0.2) is 18.7 Å². The highest BCUT2D eigenvalue weighted by Gasteiger charge is 2.13. The van der Waals surface area contributed by atoms with Crippen LogP contribution in [0.3, 0.4) is 0 Å². The van der Waals surface area contributed by atoms with E-state index in [1.165, 1.54) is 6.92 Å². The van der Waals surface area contributed by atoms with Crippen molar-refractivity contribution >= 4 is 11.9 Å². The van der Waals surface area contributed by atoms with Crippen LogP contribution >= 0.6 is 0 Å². The molecular weight excluding hydrogens is 238 g/mol. The summed E-state index contributed by atoms with van der Waals surface area (Å²) in [6.45, 7) is 1.45. The number of amides is 1. The van der Waals surface area contributed by atoms with Gasteiger partial charge in [0.25, 0.3) is 5.91 Å². The number of rotatable bonds is 3. The molecular formula is C12H13NO5. The average molecular weight is 251 g/mol. The zero-order chi connectivity index (χ0) is 13.0. The molecule has 1 aromatic carbocycles. The van der Waals surface area contributed by atoms with Gasteiger partial charge < -0.3 is 14.3 Å². The van der Waals surface area contributed by atoms with Crippen molar-refractivity contribution in [2.24, 2.45) is 0 Å². The second-order valence-electron chi connectivity index (χ2n) is 3.81. The first-order chi connectivity index (χ1) is 8.65. The number of carbonyl (C=O) groups excluding carboxylic acids is 2. The van der Waals surface area contributed by atoms with E-state index < -0.39 is 5.97 Å². The Bertz CT molecular complexity index is 472. The van der Waals surface area contributed by atoms with E-state index in [9.17, 15) is 9.59 Å². The van der Waals surface area contributed by atoms with Crippen LogP contribution in [0.2, 0.25) is 0 Å². The highest BCUT2D eigenvalue weighted by molar-refractivity contribution is 5.77. The van der Waals surface area contributed by atoms with Gasteiger partial charge >= 0.3 is 5.97 Å². The maximum atomic E-state index is 11.3. The number of hydrogen-bond acceptors (Lipinski definition) is 5. The molecule has 1 heterocycles. The molecule has 6 heteroatoms. The number of ether oxygens (including phenoxy) is 2. The van der Waals surface area contributed by atoms with Crippen LogP contribution < -0.4 is 15.0 Å². The molecule has 0 atom stereocenters. The monoisotopic (exact) mass is 251 g/mol. The zero-order valence-corrected chi connectivity index (χ0v) is 9.89. The first kappa shape index (κ1) is 12.2. The normalized spacial score (nSPS) is 12.1. The van der Waals surface area contributed by atoms with Gasteiger partial charge in [-0.05, 0) is 24.1 Å². The van der Waals surface area contributed by atoms with Crippen molar-refractivity contribution in [1.82, 2.24) is 5.48 Å². The fourth-order valence-electron chi connectivity index (χ4n) is 1.53. The molecule has 2 rings (SSSR count). The molecule has 1 N–H and O–H groups in total. The quantitative estimate of drug-likeness (QED) is 0.809. The highest BCUT2D eigenvalue weighted by atomic mass is 16.7. The van der Waals surface area contributed by atoms with Gasteiger partial charge in [0.15, 0.2) is 11.5 Å². The van der Waals surface area contributed by atoms with Crippen LogP contribution in [0.4, 0.5) is 0 Å². The number of hydroxylamine groups is 1. The summed E-state index contributed by atoms with van der Waals surface area (Å²) in [5.74, 6) is 0.505. The third-order valence-corrected chi connectivity index (χ3v) is 2.39. The van der Waals surface area contributed by atoms with E-state index in [1.807, 2.05) is 18.2 Å². The van der Waals surface area contributed by atoms with Crippen LogP contribution in [0.1, 0.15) is 18.9 Å². The van der Waals surface area contributed by atoms with Crippen LogP contribution in [0.25, 0.3) is 0 Å². The number of aryl methyl sites for hydroxylation is 1. The van der Waals surface area contributed by atoms with Crippen molar-refractivity contribution in [2.45, 2.75) is 19.8 Å². The maximum absolute atomic E-state index is 11.3. The molecule has 0 aliphatic carbocycles. The highest BCUT2D eigenvalue weighted by Crippen LogP contribution is 2.32. The molecule has 0 fully saturated rings. The third kappa shape index (κ3) is 3.13. The third-order valence-electron chi connectivity index (χ3n) is 2.39. The number of benzene rings is 1. The summed E-state index contributed by atoms with van der Waals surface area (Å²) in [7, 11) is 0. The summed E-state index contributed by atoms with van der Waals surface area (Å²) >= 11 is 0. The lowest BCUT2D eigenvalue weighted by Gasteiger charge is -2.04. The number of fused-ring (bicyclic) bond motifs is 1. The van der Waals surface area contributed by atoms with Crippen molar-refractivity contribution in [3.05, 3.63) is 23.8 Å². The van der Waals surface area contributed by atoms with E-state index >= 15 is 0 Å². The Hall–Kier alpha value is -2.24. The molecule has 0 saturated carbocycles. The van der Waals surface area contributed by atoms with Crippen LogP contribution in [0.15, 0.2) is 18.2 Å². The van der Waals surface area contributed by atoms with Crippen LogP contribution in [0.5, 0.6) is 11.5 Å². The minimum absolute atomic E-state index is 0.228. The second-order valence-corrected chi connectivity index (χ2v) is 3.81. The fraction of sp³-hybridized carbons (Fsp3) is 0.333. The second kappa shape index (κ2) is 5.39. The summed E-state index contributed by atoms with van der Waals surface area (Å²) < 4.78 is 10.4. The van der Waals surface area contributed by atoms with Crippen LogP contribution in [-0.2, 0) is 20.8 Å². The largest absolute Gasteiger partial charge is 0.454 e. The summed E-state index contributed by atoms with van der Waals surface area (Å²) in [5.41, 5.74) is 3.02. The topological polar surface area (TPSA) is 73.9 Å². The Labute approximate surface area is 104 Å². The van der Waals surface area contributed by atoms with Gasteiger partial charge in [0.1, 0.15) is 0 Å². The summed E-state index contributed by atoms with van der Waals surface area (Å²) in [6, 6.07) is 5.51. The molecule has 0 radical (unpaired) electrons. The van der Waals surface area contributed by atoms with Crippen molar-refractivity contribution in [1.29, 1.82) is 0 Å². The van der Waals surface area contributed by atoms with E-state index in [1.54, 1.807) is 0 Å². The molecule has 1 aliphatic heterocycles.